The van der Waals surface area contributed by atoms with Gasteiger partial charge in [-0.15, -0.1) is 0 Å². The van der Waals surface area contributed by atoms with Crippen molar-refractivity contribution in [3.8, 4) is 0 Å². The fourth-order valence-corrected chi connectivity index (χ4v) is 5.41. The Morgan fingerprint density at radius 3 is 1.94 bits per heavy atom. The molecular weight excluding hydrogens is 452 g/mol. The van der Waals surface area contributed by atoms with Gasteiger partial charge in [0.15, 0.2) is 11.0 Å². The number of thioether (sulfide) groups is 1. The fourth-order valence-electron chi connectivity index (χ4n) is 4.37. The van der Waals surface area contributed by atoms with Crippen LogP contribution in [-0.2, 0) is 4.79 Å². The lowest BCUT2D eigenvalue weighted by atomic mass is 9.93. The maximum atomic E-state index is 13.2. The maximum absolute atomic E-state index is 13.2. The van der Waals surface area contributed by atoms with E-state index in [1.807, 2.05) is 97.1 Å². The second kappa shape index (κ2) is 10.7. The summed E-state index contributed by atoms with van der Waals surface area (Å²) in [6, 6.07) is 29.1. The van der Waals surface area contributed by atoms with Crippen molar-refractivity contribution < 1.29 is 9.59 Å². The van der Waals surface area contributed by atoms with E-state index in [1.165, 1.54) is 11.8 Å². The number of amides is 1. The summed E-state index contributed by atoms with van der Waals surface area (Å²) in [6.45, 7) is 1.87. The highest BCUT2D eigenvalue weighted by Crippen LogP contribution is 2.38. The van der Waals surface area contributed by atoms with Gasteiger partial charge in [-0.3, -0.25) is 9.59 Å². The number of carbonyl (C=O) groups is 2. The standard InChI is InChI=1S/C30H26N2O2S/c33-27(24-16-8-3-9-17-24)21-25(22-12-4-1-5-13-22)20-26(23-14-6-2-7-15-23)28-29(34)31-30(35-28)32-18-10-11-19-32/h1-9,12-17,20H,10-11,18-19,21H2/b25-20-,28-26-. The largest absolute Gasteiger partial charge is 0.351 e. The summed E-state index contributed by atoms with van der Waals surface area (Å²) in [7, 11) is 0. The van der Waals surface area contributed by atoms with E-state index in [9.17, 15) is 9.59 Å². The smallest absolute Gasteiger partial charge is 0.286 e. The van der Waals surface area contributed by atoms with Crippen LogP contribution in [0.5, 0.6) is 0 Å². The first-order valence-corrected chi connectivity index (χ1v) is 12.7. The zero-order valence-corrected chi connectivity index (χ0v) is 20.2. The maximum Gasteiger partial charge on any atom is 0.286 e. The second-order valence-corrected chi connectivity index (χ2v) is 9.58. The Kier molecular flexibility index (Phi) is 7.05. The lowest BCUT2D eigenvalue weighted by Gasteiger charge is -2.16. The number of likely N-dealkylation sites (tertiary alicyclic amines) is 1. The molecule has 3 aromatic rings. The van der Waals surface area contributed by atoms with Crippen LogP contribution >= 0.6 is 11.8 Å². The van der Waals surface area contributed by atoms with E-state index >= 15 is 0 Å². The van der Waals surface area contributed by atoms with E-state index in [1.54, 1.807) is 0 Å². The highest BCUT2D eigenvalue weighted by molar-refractivity contribution is 8.18. The number of aliphatic imine (C=N–C) groups is 1. The molecule has 0 spiro atoms. The zero-order valence-electron chi connectivity index (χ0n) is 19.4. The summed E-state index contributed by atoms with van der Waals surface area (Å²) in [5.74, 6) is -0.175. The topological polar surface area (TPSA) is 49.7 Å². The van der Waals surface area contributed by atoms with Crippen LogP contribution in [-0.4, -0.2) is 34.8 Å². The minimum absolute atomic E-state index is 0.0394. The number of Topliss-reactive ketones (excluding diaryl/α,β-unsaturated/α-hetero) is 1. The first-order chi connectivity index (χ1) is 17.2. The lowest BCUT2D eigenvalue weighted by Crippen LogP contribution is -2.23. The van der Waals surface area contributed by atoms with Crippen molar-refractivity contribution >= 4 is 39.8 Å². The highest BCUT2D eigenvalue weighted by Gasteiger charge is 2.30. The molecule has 5 rings (SSSR count). The van der Waals surface area contributed by atoms with E-state index in [0.717, 1.165) is 53.4 Å². The molecule has 0 saturated carbocycles. The average Bonchev–Trinajstić information content (AvgIpc) is 3.58. The van der Waals surface area contributed by atoms with Gasteiger partial charge < -0.3 is 4.90 Å². The Morgan fingerprint density at radius 2 is 1.34 bits per heavy atom. The van der Waals surface area contributed by atoms with Crippen molar-refractivity contribution in [2.24, 2.45) is 4.99 Å². The minimum Gasteiger partial charge on any atom is -0.351 e. The number of ketones is 1. The average molecular weight is 479 g/mol. The molecule has 35 heavy (non-hydrogen) atoms. The summed E-state index contributed by atoms with van der Waals surface area (Å²) >= 11 is 1.45. The van der Waals surface area contributed by atoms with Crippen molar-refractivity contribution in [2.45, 2.75) is 19.3 Å². The van der Waals surface area contributed by atoms with E-state index in [2.05, 4.69) is 9.89 Å². The molecule has 0 N–H and O–H groups in total. The first-order valence-electron chi connectivity index (χ1n) is 11.9. The molecule has 0 aliphatic carbocycles. The molecule has 5 heteroatoms. The molecule has 0 unspecified atom stereocenters. The molecule has 4 nitrogen and oxygen atoms in total. The first kappa shape index (κ1) is 23.1. The number of rotatable bonds is 6. The third kappa shape index (κ3) is 5.36. The van der Waals surface area contributed by atoms with Gasteiger partial charge in [0.2, 0.25) is 0 Å². The molecule has 0 aromatic heterocycles. The molecular formula is C30H26N2O2S. The van der Waals surface area contributed by atoms with E-state index in [-0.39, 0.29) is 18.1 Å². The van der Waals surface area contributed by atoms with Gasteiger partial charge in [0.05, 0.1) is 4.91 Å². The zero-order chi connectivity index (χ0) is 24.0. The van der Waals surface area contributed by atoms with E-state index < -0.39 is 0 Å². The molecule has 0 radical (unpaired) electrons. The number of amidine groups is 1. The van der Waals surface area contributed by atoms with Gasteiger partial charge in [-0.25, -0.2) is 0 Å². The number of hydrogen-bond donors (Lipinski definition) is 0. The van der Waals surface area contributed by atoms with E-state index in [4.69, 9.17) is 0 Å². The number of hydrogen-bond acceptors (Lipinski definition) is 4. The Hall–Kier alpha value is -3.70. The molecule has 2 aliphatic rings. The monoisotopic (exact) mass is 478 g/mol. The summed E-state index contributed by atoms with van der Waals surface area (Å²) in [5, 5.41) is 0.783. The molecule has 1 saturated heterocycles. The molecule has 0 atom stereocenters. The summed E-state index contributed by atoms with van der Waals surface area (Å²) in [4.78, 5) is 33.5. The van der Waals surface area contributed by atoms with Gasteiger partial charge in [-0.2, -0.15) is 4.99 Å². The van der Waals surface area contributed by atoms with Crippen LogP contribution in [0.4, 0.5) is 0 Å². The molecule has 0 bridgehead atoms. The SMILES string of the molecule is O=C1N=C(N2CCCC2)S/C1=C(/C=C(/CC(=O)c1ccccc1)c1ccccc1)c1ccccc1. The molecule has 174 valence electrons. The van der Waals surface area contributed by atoms with Crippen molar-refractivity contribution in [1.29, 1.82) is 0 Å². The van der Waals surface area contributed by atoms with Crippen LogP contribution in [0.2, 0.25) is 0 Å². The molecule has 1 amide bonds. The number of benzene rings is 3. The van der Waals surface area contributed by atoms with Crippen molar-refractivity contribution in [3.05, 3.63) is 119 Å². The molecule has 2 heterocycles. The Bertz CT molecular complexity index is 1310. The molecule has 1 fully saturated rings. The van der Waals surface area contributed by atoms with Crippen LogP contribution in [0.1, 0.15) is 40.7 Å². The Labute approximate surface area is 210 Å². The third-order valence-corrected chi connectivity index (χ3v) is 7.33. The van der Waals surface area contributed by atoms with Crippen LogP contribution in [0, 0.1) is 0 Å². The van der Waals surface area contributed by atoms with Gasteiger partial charge in [0.25, 0.3) is 5.91 Å². The summed E-state index contributed by atoms with van der Waals surface area (Å²) in [5.41, 5.74) is 4.24. The number of nitrogens with zero attached hydrogens (tertiary/aromatic N) is 2. The van der Waals surface area contributed by atoms with Crippen molar-refractivity contribution in [2.75, 3.05) is 13.1 Å². The predicted octanol–water partition coefficient (Wildman–Crippen LogP) is 6.48. The van der Waals surface area contributed by atoms with E-state index in [0.29, 0.717) is 10.5 Å². The predicted molar refractivity (Wildman–Crippen MR) is 144 cm³/mol. The van der Waals surface area contributed by atoms with Gasteiger partial charge in [0, 0.05) is 30.6 Å². The summed E-state index contributed by atoms with van der Waals surface area (Å²) < 4.78 is 0. The Morgan fingerprint density at radius 1 is 0.800 bits per heavy atom. The van der Waals surface area contributed by atoms with Crippen LogP contribution in [0.3, 0.4) is 0 Å². The highest BCUT2D eigenvalue weighted by atomic mass is 32.2. The van der Waals surface area contributed by atoms with Gasteiger partial charge in [-0.05, 0) is 47.4 Å². The Balaban J connectivity index is 1.59. The third-order valence-electron chi connectivity index (χ3n) is 6.20. The molecule has 2 aliphatic heterocycles. The van der Waals surface area contributed by atoms with Crippen LogP contribution in [0.25, 0.3) is 11.1 Å². The minimum atomic E-state index is -0.214. The quantitative estimate of drug-likeness (QED) is 0.301. The van der Waals surface area contributed by atoms with Gasteiger partial charge >= 0.3 is 0 Å². The summed E-state index contributed by atoms with van der Waals surface area (Å²) in [6.07, 6.45) is 4.49. The fraction of sp³-hybridized carbons (Fsp3) is 0.167. The number of allylic oxidation sites excluding steroid dienone is 3. The van der Waals surface area contributed by atoms with Crippen molar-refractivity contribution in [3.63, 3.8) is 0 Å². The van der Waals surface area contributed by atoms with Gasteiger partial charge in [-0.1, -0.05) is 91.0 Å². The van der Waals surface area contributed by atoms with Crippen molar-refractivity contribution in [1.82, 2.24) is 4.90 Å². The van der Waals surface area contributed by atoms with Gasteiger partial charge in [0.1, 0.15) is 0 Å². The number of carbonyl (C=O) groups excluding carboxylic acids is 2. The lowest BCUT2D eigenvalue weighted by molar-refractivity contribution is -0.113. The molecule has 3 aromatic carbocycles. The van der Waals surface area contributed by atoms with Crippen LogP contribution < -0.4 is 0 Å². The normalized spacial score (nSPS) is 17.5. The second-order valence-electron chi connectivity index (χ2n) is 8.61. The van der Waals surface area contributed by atoms with Crippen LogP contribution in [0.15, 0.2) is 107 Å².